The highest BCUT2D eigenvalue weighted by atomic mass is 15.2. The number of hydrogen-bond donors (Lipinski definition) is 1. The molecule has 0 saturated heterocycles. The number of fused-ring (bicyclic) bond motifs is 1. The van der Waals surface area contributed by atoms with Crippen molar-refractivity contribution >= 4 is 11.2 Å². The van der Waals surface area contributed by atoms with Gasteiger partial charge in [-0.05, 0) is 45.2 Å². The third kappa shape index (κ3) is 2.25. The van der Waals surface area contributed by atoms with E-state index in [4.69, 9.17) is 10.7 Å². The maximum atomic E-state index is 6.07. The first-order chi connectivity index (χ1) is 8.54. The Morgan fingerprint density at radius 2 is 2.22 bits per heavy atom. The Kier molecular flexibility index (Phi) is 2.63. The first kappa shape index (κ1) is 11.7. The average molecular weight is 244 g/mol. The van der Waals surface area contributed by atoms with E-state index in [9.17, 15) is 0 Å². The van der Waals surface area contributed by atoms with Gasteiger partial charge in [0.1, 0.15) is 11.3 Å². The van der Waals surface area contributed by atoms with Gasteiger partial charge in [0.2, 0.25) is 0 Å². The van der Waals surface area contributed by atoms with Crippen LogP contribution in [0.1, 0.15) is 45.0 Å². The summed E-state index contributed by atoms with van der Waals surface area (Å²) in [6.07, 6.45) is 6.22. The predicted molar refractivity (Wildman–Crippen MR) is 72.4 cm³/mol. The molecule has 0 bridgehead atoms. The number of nitrogens with two attached hydrogens (primary N) is 1. The van der Waals surface area contributed by atoms with Crippen LogP contribution in [0.15, 0.2) is 18.3 Å². The van der Waals surface area contributed by atoms with E-state index >= 15 is 0 Å². The molecule has 0 aromatic carbocycles. The van der Waals surface area contributed by atoms with Gasteiger partial charge in [-0.3, -0.25) is 0 Å². The third-order valence-corrected chi connectivity index (χ3v) is 3.43. The minimum absolute atomic E-state index is 0.139. The van der Waals surface area contributed by atoms with Crippen LogP contribution in [0.4, 0.5) is 0 Å². The van der Waals surface area contributed by atoms with Crippen molar-refractivity contribution in [3.8, 4) is 0 Å². The lowest BCUT2D eigenvalue weighted by atomic mass is 10.00. The summed E-state index contributed by atoms with van der Waals surface area (Å²) in [6.45, 7) is 4.13. The summed E-state index contributed by atoms with van der Waals surface area (Å²) in [5, 5.41) is 0. The molecule has 1 aliphatic rings. The van der Waals surface area contributed by atoms with E-state index in [2.05, 4.69) is 23.4 Å². The second-order valence-electron chi connectivity index (χ2n) is 5.96. The van der Waals surface area contributed by atoms with Crippen molar-refractivity contribution in [1.29, 1.82) is 0 Å². The molecule has 2 aromatic heterocycles. The molecule has 0 radical (unpaired) electrons. The summed E-state index contributed by atoms with van der Waals surface area (Å²) < 4.78 is 2.32. The van der Waals surface area contributed by atoms with Crippen LogP contribution in [0.3, 0.4) is 0 Å². The number of aryl methyl sites for hydroxylation is 1. The van der Waals surface area contributed by atoms with E-state index in [-0.39, 0.29) is 5.54 Å². The number of aromatic nitrogens is 3. The van der Waals surface area contributed by atoms with E-state index in [0.29, 0.717) is 6.04 Å². The summed E-state index contributed by atoms with van der Waals surface area (Å²) >= 11 is 0. The predicted octanol–water partition coefficient (Wildman–Crippen LogP) is 2.44. The number of pyridine rings is 1. The Hall–Kier alpha value is -1.42. The summed E-state index contributed by atoms with van der Waals surface area (Å²) in [7, 11) is 0. The third-order valence-electron chi connectivity index (χ3n) is 3.43. The fourth-order valence-electron chi connectivity index (χ4n) is 2.30. The normalized spacial score (nSPS) is 16.4. The molecule has 0 spiro atoms. The van der Waals surface area contributed by atoms with E-state index in [0.717, 1.165) is 29.8 Å². The fourth-order valence-corrected chi connectivity index (χ4v) is 2.30. The van der Waals surface area contributed by atoms with E-state index < -0.39 is 0 Å². The molecule has 0 atom stereocenters. The number of hydrogen-bond acceptors (Lipinski definition) is 3. The van der Waals surface area contributed by atoms with Gasteiger partial charge in [-0.1, -0.05) is 0 Å². The van der Waals surface area contributed by atoms with Gasteiger partial charge in [0.25, 0.3) is 0 Å². The Balaban J connectivity index is 1.97. The van der Waals surface area contributed by atoms with Gasteiger partial charge in [-0.15, -0.1) is 0 Å². The van der Waals surface area contributed by atoms with Crippen LogP contribution in [0.2, 0.25) is 0 Å². The lowest BCUT2D eigenvalue weighted by Crippen LogP contribution is -2.32. The van der Waals surface area contributed by atoms with Crippen LogP contribution >= 0.6 is 0 Å². The Morgan fingerprint density at radius 3 is 2.89 bits per heavy atom. The van der Waals surface area contributed by atoms with Crippen molar-refractivity contribution in [2.24, 2.45) is 5.73 Å². The summed E-state index contributed by atoms with van der Waals surface area (Å²) in [5.74, 6) is 1.14. The highest BCUT2D eigenvalue weighted by Crippen LogP contribution is 2.38. The van der Waals surface area contributed by atoms with Gasteiger partial charge >= 0.3 is 0 Å². The largest absolute Gasteiger partial charge is 0.326 e. The molecule has 4 nitrogen and oxygen atoms in total. The topological polar surface area (TPSA) is 56.7 Å². The molecule has 0 aliphatic heterocycles. The Morgan fingerprint density at radius 1 is 1.44 bits per heavy atom. The second kappa shape index (κ2) is 4.05. The maximum Gasteiger partial charge on any atom is 0.160 e. The van der Waals surface area contributed by atoms with Crippen molar-refractivity contribution in [3.05, 3.63) is 24.2 Å². The first-order valence-electron chi connectivity index (χ1n) is 6.65. The lowest BCUT2D eigenvalue weighted by Gasteiger charge is -2.18. The zero-order chi connectivity index (χ0) is 12.8. The molecule has 2 heterocycles. The SMILES string of the molecule is CC(C)(N)CCc1nc2cccnc2n1C1CC1. The van der Waals surface area contributed by atoms with E-state index in [1.165, 1.54) is 12.8 Å². The number of nitrogens with zero attached hydrogens (tertiary/aromatic N) is 3. The molecule has 4 heteroatoms. The van der Waals surface area contributed by atoms with Gasteiger partial charge in [0, 0.05) is 24.2 Å². The minimum Gasteiger partial charge on any atom is -0.326 e. The van der Waals surface area contributed by atoms with Gasteiger partial charge < -0.3 is 10.3 Å². The quantitative estimate of drug-likeness (QED) is 0.898. The molecule has 0 unspecified atom stereocenters. The standard InChI is InChI=1S/C14H20N4/c1-14(2,15)8-7-12-17-11-4-3-9-16-13(11)18(12)10-5-6-10/h3-4,9-10H,5-8,15H2,1-2H3. The zero-order valence-electron chi connectivity index (χ0n) is 11.1. The Bertz CT molecular complexity index is 561. The molecule has 3 rings (SSSR count). The van der Waals surface area contributed by atoms with Crippen LogP contribution in [-0.4, -0.2) is 20.1 Å². The molecule has 1 saturated carbocycles. The van der Waals surface area contributed by atoms with Crippen LogP contribution in [0.25, 0.3) is 11.2 Å². The van der Waals surface area contributed by atoms with Crippen molar-refractivity contribution in [3.63, 3.8) is 0 Å². The summed E-state index contributed by atoms with van der Waals surface area (Å²) in [4.78, 5) is 9.20. The minimum atomic E-state index is -0.139. The highest BCUT2D eigenvalue weighted by Gasteiger charge is 2.29. The monoisotopic (exact) mass is 244 g/mol. The van der Waals surface area contributed by atoms with Crippen molar-refractivity contribution < 1.29 is 0 Å². The molecule has 1 aliphatic carbocycles. The summed E-state index contributed by atoms with van der Waals surface area (Å²) in [5.41, 5.74) is 7.97. The van der Waals surface area contributed by atoms with Crippen LogP contribution in [-0.2, 0) is 6.42 Å². The molecule has 2 aromatic rings. The number of rotatable bonds is 4. The van der Waals surface area contributed by atoms with Gasteiger partial charge in [0.05, 0.1) is 0 Å². The van der Waals surface area contributed by atoms with Crippen LogP contribution in [0, 0.1) is 0 Å². The maximum absolute atomic E-state index is 6.07. The van der Waals surface area contributed by atoms with E-state index in [1.54, 1.807) is 0 Å². The lowest BCUT2D eigenvalue weighted by molar-refractivity contribution is 0.465. The fraction of sp³-hybridized carbons (Fsp3) is 0.571. The van der Waals surface area contributed by atoms with Crippen LogP contribution in [0.5, 0.6) is 0 Å². The van der Waals surface area contributed by atoms with E-state index in [1.807, 2.05) is 18.3 Å². The molecule has 1 fully saturated rings. The smallest absolute Gasteiger partial charge is 0.160 e. The highest BCUT2D eigenvalue weighted by molar-refractivity contribution is 5.71. The molecule has 18 heavy (non-hydrogen) atoms. The van der Waals surface area contributed by atoms with Crippen LogP contribution < -0.4 is 5.73 Å². The molecule has 0 amide bonds. The van der Waals surface area contributed by atoms with Crippen molar-refractivity contribution in [2.75, 3.05) is 0 Å². The first-order valence-corrected chi connectivity index (χ1v) is 6.65. The number of imidazole rings is 1. The van der Waals surface area contributed by atoms with Crippen molar-refractivity contribution in [1.82, 2.24) is 14.5 Å². The zero-order valence-corrected chi connectivity index (χ0v) is 11.1. The molecule has 96 valence electrons. The van der Waals surface area contributed by atoms with Crippen molar-refractivity contribution in [2.45, 2.75) is 51.1 Å². The Labute approximate surface area is 107 Å². The summed E-state index contributed by atoms with van der Waals surface area (Å²) in [6, 6.07) is 4.60. The van der Waals surface area contributed by atoms with Gasteiger partial charge in [0.15, 0.2) is 5.65 Å². The van der Waals surface area contributed by atoms with Gasteiger partial charge in [-0.25, -0.2) is 9.97 Å². The second-order valence-corrected chi connectivity index (χ2v) is 5.96. The molecular formula is C14H20N4. The molecular weight excluding hydrogens is 224 g/mol. The average Bonchev–Trinajstić information content (AvgIpc) is 3.06. The van der Waals surface area contributed by atoms with Gasteiger partial charge in [-0.2, -0.15) is 0 Å². The molecule has 2 N–H and O–H groups in total.